The van der Waals surface area contributed by atoms with Gasteiger partial charge in [-0.05, 0) is 27.7 Å². The van der Waals surface area contributed by atoms with Crippen LogP contribution < -0.4 is 5.73 Å². The van der Waals surface area contributed by atoms with Crippen LogP contribution in [0.3, 0.4) is 0 Å². The zero-order valence-corrected chi connectivity index (χ0v) is 12.7. The molecular formula is C14H26N4O. The first-order valence-electron chi connectivity index (χ1n) is 6.94. The van der Waals surface area contributed by atoms with Crippen LogP contribution >= 0.6 is 0 Å². The molecule has 0 amide bonds. The minimum atomic E-state index is -0.124. The third kappa shape index (κ3) is 3.16. The summed E-state index contributed by atoms with van der Waals surface area (Å²) >= 11 is 0. The molecule has 1 aromatic heterocycles. The number of rotatable bonds is 3. The van der Waals surface area contributed by atoms with Crippen molar-refractivity contribution in [3.8, 4) is 0 Å². The van der Waals surface area contributed by atoms with Gasteiger partial charge in [-0.1, -0.05) is 0 Å². The van der Waals surface area contributed by atoms with E-state index in [1.807, 2.05) is 18.7 Å². The van der Waals surface area contributed by atoms with Crippen LogP contribution in [0.5, 0.6) is 0 Å². The Balaban J connectivity index is 2.24. The summed E-state index contributed by atoms with van der Waals surface area (Å²) in [7, 11) is 1.95. The molecule has 0 aliphatic carbocycles. The number of morpholine rings is 1. The summed E-state index contributed by atoms with van der Waals surface area (Å²) in [6, 6.07) is 0.222. The number of aromatic nitrogens is 2. The quantitative estimate of drug-likeness (QED) is 0.894. The topological polar surface area (TPSA) is 56.3 Å². The van der Waals surface area contributed by atoms with E-state index in [-0.39, 0.29) is 17.7 Å². The molecule has 2 heterocycles. The lowest BCUT2D eigenvalue weighted by molar-refractivity contribution is -0.137. The molecule has 0 saturated carbocycles. The van der Waals surface area contributed by atoms with E-state index in [0.717, 1.165) is 18.8 Å². The van der Waals surface area contributed by atoms with E-state index in [1.165, 1.54) is 5.56 Å². The molecule has 0 spiro atoms. The van der Waals surface area contributed by atoms with Gasteiger partial charge in [0.25, 0.3) is 0 Å². The van der Waals surface area contributed by atoms with Gasteiger partial charge in [-0.2, -0.15) is 5.10 Å². The first-order chi connectivity index (χ1) is 8.82. The molecule has 5 heteroatoms. The third-order valence-corrected chi connectivity index (χ3v) is 3.67. The molecule has 108 valence electrons. The second-order valence-corrected chi connectivity index (χ2v) is 6.21. The summed E-state index contributed by atoms with van der Waals surface area (Å²) in [5, 5.41) is 4.43. The van der Waals surface area contributed by atoms with Crippen molar-refractivity contribution in [2.45, 2.75) is 45.4 Å². The minimum absolute atomic E-state index is 0.124. The van der Waals surface area contributed by atoms with Gasteiger partial charge >= 0.3 is 0 Å². The molecule has 0 aromatic carbocycles. The van der Waals surface area contributed by atoms with Crippen molar-refractivity contribution in [1.82, 2.24) is 14.7 Å². The first kappa shape index (κ1) is 14.5. The van der Waals surface area contributed by atoms with E-state index in [9.17, 15) is 0 Å². The van der Waals surface area contributed by atoms with Crippen molar-refractivity contribution in [3.63, 3.8) is 0 Å². The highest BCUT2D eigenvalue weighted by atomic mass is 16.5. The van der Waals surface area contributed by atoms with Crippen molar-refractivity contribution in [2.75, 3.05) is 19.6 Å². The van der Waals surface area contributed by atoms with Crippen molar-refractivity contribution < 1.29 is 4.74 Å². The van der Waals surface area contributed by atoms with E-state index < -0.39 is 0 Å². The van der Waals surface area contributed by atoms with Gasteiger partial charge in [0, 0.05) is 38.4 Å². The smallest absolute Gasteiger partial charge is 0.0757 e. The molecule has 2 N–H and O–H groups in total. The van der Waals surface area contributed by atoms with Crippen LogP contribution in [0.2, 0.25) is 0 Å². The van der Waals surface area contributed by atoms with Gasteiger partial charge in [0.05, 0.1) is 23.4 Å². The summed E-state index contributed by atoms with van der Waals surface area (Å²) in [5.74, 6) is 0. The third-order valence-electron chi connectivity index (χ3n) is 3.67. The summed E-state index contributed by atoms with van der Waals surface area (Å²) in [5.41, 5.74) is 8.20. The molecular weight excluding hydrogens is 240 g/mol. The van der Waals surface area contributed by atoms with E-state index in [1.54, 1.807) is 0 Å². The summed E-state index contributed by atoms with van der Waals surface area (Å²) in [4.78, 5) is 2.43. The number of nitrogens with zero attached hydrogens (tertiary/aromatic N) is 3. The Morgan fingerprint density at radius 2 is 2.26 bits per heavy atom. The summed E-state index contributed by atoms with van der Waals surface area (Å²) < 4.78 is 7.83. The molecule has 2 unspecified atom stereocenters. The molecule has 1 aromatic rings. The van der Waals surface area contributed by atoms with Gasteiger partial charge in [0.15, 0.2) is 0 Å². The van der Waals surface area contributed by atoms with E-state index in [0.29, 0.717) is 6.54 Å². The zero-order chi connectivity index (χ0) is 14.2. The van der Waals surface area contributed by atoms with Gasteiger partial charge < -0.3 is 10.5 Å². The van der Waals surface area contributed by atoms with Gasteiger partial charge in [0.2, 0.25) is 0 Å². The second kappa shape index (κ2) is 5.23. The van der Waals surface area contributed by atoms with Crippen LogP contribution in [0.4, 0.5) is 0 Å². The molecule has 1 fully saturated rings. The lowest BCUT2D eigenvalue weighted by atomic mass is 10.00. The van der Waals surface area contributed by atoms with E-state index in [4.69, 9.17) is 10.5 Å². The maximum absolute atomic E-state index is 6.03. The molecule has 5 nitrogen and oxygen atoms in total. The maximum Gasteiger partial charge on any atom is 0.0757 e. The fourth-order valence-corrected chi connectivity index (χ4v) is 3.16. The van der Waals surface area contributed by atoms with Gasteiger partial charge in [-0.25, -0.2) is 0 Å². The predicted octanol–water partition coefficient (Wildman–Crippen LogP) is 1.23. The maximum atomic E-state index is 6.03. The Morgan fingerprint density at radius 3 is 2.74 bits per heavy atom. The molecule has 1 saturated heterocycles. The zero-order valence-electron chi connectivity index (χ0n) is 12.7. The normalized spacial score (nSPS) is 25.5. The fourth-order valence-electron chi connectivity index (χ4n) is 3.16. The average molecular weight is 266 g/mol. The van der Waals surface area contributed by atoms with Gasteiger partial charge in [-0.15, -0.1) is 0 Å². The highest BCUT2D eigenvalue weighted by molar-refractivity contribution is 5.21. The van der Waals surface area contributed by atoms with Gasteiger partial charge in [-0.3, -0.25) is 9.58 Å². The molecule has 0 bridgehead atoms. The van der Waals surface area contributed by atoms with Crippen molar-refractivity contribution in [3.05, 3.63) is 17.5 Å². The monoisotopic (exact) mass is 266 g/mol. The number of ether oxygens (including phenoxy) is 1. The van der Waals surface area contributed by atoms with Crippen LogP contribution in [-0.2, 0) is 11.8 Å². The lowest BCUT2D eigenvalue weighted by Gasteiger charge is -2.44. The average Bonchev–Trinajstić information content (AvgIpc) is 2.56. The number of nitrogens with two attached hydrogens (primary N) is 1. The van der Waals surface area contributed by atoms with E-state index in [2.05, 4.69) is 37.0 Å². The highest BCUT2D eigenvalue weighted by Crippen LogP contribution is 2.29. The summed E-state index contributed by atoms with van der Waals surface area (Å²) in [6.07, 6.45) is 2.31. The Bertz CT molecular complexity index is 441. The van der Waals surface area contributed by atoms with Crippen molar-refractivity contribution in [1.29, 1.82) is 0 Å². The molecule has 0 radical (unpaired) electrons. The van der Waals surface area contributed by atoms with Crippen LogP contribution in [0.25, 0.3) is 0 Å². The van der Waals surface area contributed by atoms with Gasteiger partial charge in [0.1, 0.15) is 0 Å². The second-order valence-electron chi connectivity index (χ2n) is 6.21. The Hall–Kier alpha value is -0.910. The molecule has 19 heavy (non-hydrogen) atoms. The molecule has 1 aliphatic rings. The molecule has 2 atom stereocenters. The largest absolute Gasteiger partial charge is 0.370 e. The fraction of sp³-hybridized carbons (Fsp3) is 0.786. The Labute approximate surface area is 115 Å². The minimum Gasteiger partial charge on any atom is -0.370 e. The van der Waals surface area contributed by atoms with Crippen molar-refractivity contribution >= 4 is 0 Å². The van der Waals surface area contributed by atoms with Crippen molar-refractivity contribution in [2.24, 2.45) is 12.8 Å². The number of hydrogen-bond donors (Lipinski definition) is 1. The van der Waals surface area contributed by atoms with Crippen LogP contribution in [0.15, 0.2) is 6.20 Å². The Morgan fingerprint density at radius 1 is 1.58 bits per heavy atom. The number of aryl methyl sites for hydroxylation is 2. The SMILES string of the molecule is Cc1nn(C)cc1C(CN)N1CC(C)OC(C)(C)C1. The van der Waals surface area contributed by atoms with Crippen LogP contribution in [-0.4, -0.2) is 46.0 Å². The predicted molar refractivity (Wildman–Crippen MR) is 75.9 cm³/mol. The molecule has 2 rings (SSSR count). The summed E-state index contributed by atoms with van der Waals surface area (Å²) in [6.45, 7) is 10.9. The molecule has 1 aliphatic heterocycles. The number of hydrogen-bond acceptors (Lipinski definition) is 4. The standard InChI is InChI=1S/C14H26N4O/c1-10-7-18(9-14(3,4)19-10)13(6-15)12-8-17(5)16-11(12)2/h8,10,13H,6-7,9,15H2,1-5H3. The first-order valence-corrected chi connectivity index (χ1v) is 6.94. The Kier molecular flexibility index (Phi) is 3.99. The van der Waals surface area contributed by atoms with Crippen LogP contribution in [0, 0.1) is 6.92 Å². The van der Waals surface area contributed by atoms with Crippen LogP contribution in [0.1, 0.15) is 38.1 Å². The highest BCUT2D eigenvalue weighted by Gasteiger charge is 2.35. The lowest BCUT2D eigenvalue weighted by Crippen LogP contribution is -2.53. The van der Waals surface area contributed by atoms with E-state index >= 15 is 0 Å².